The average Bonchev–Trinajstić information content (AvgIpc) is 3.05. The molecule has 2 amide bonds. The number of carboxylic acids is 1. The standard InChI is InChI=1S/C23H24N2O5/c1-3-8-20(22(27)28)25-21(26)14(2)24-23(29)30-13-19-17-11-6-4-9-15(17)16-10-5-7-12-18(16)19/h3-7,9-12,14,19-20H,1,8,13H2,2H3,(H,24,29)(H,25,26)(H,27,28). The topological polar surface area (TPSA) is 105 Å². The van der Waals surface area contributed by atoms with Crippen LogP contribution in [0, 0.1) is 0 Å². The van der Waals surface area contributed by atoms with Crippen LogP contribution in [0.1, 0.15) is 30.4 Å². The van der Waals surface area contributed by atoms with Gasteiger partial charge in [0.2, 0.25) is 5.91 Å². The molecule has 1 aliphatic rings. The first-order chi connectivity index (χ1) is 14.4. The van der Waals surface area contributed by atoms with E-state index < -0.39 is 30.1 Å². The molecule has 0 saturated carbocycles. The second kappa shape index (κ2) is 9.26. The minimum atomic E-state index is -1.17. The van der Waals surface area contributed by atoms with Crippen molar-refractivity contribution in [2.24, 2.45) is 0 Å². The van der Waals surface area contributed by atoms with E-state index in [4.69, 9.17) is 9.84 Å². The van der Waals surface area contributed by atoms with Gasteiger partial charge in [-0.3, -0.25) is 4.79 Å². The first kappa shape index (κ1) is 21.1. The van der Waals surface area contributed by atoms with Crippen molar-refractivity contribution in [1.82, 2.24) is 10.6 Å². The fraction of sp³-hybridized carbons (Fsp3) is 0.261. The minimum absolute atomic E-state index is 0.0821. The highest BCUT2D eigenvalue weighted by atomic mass is 16.5. The van der Waals surface area contributed by atoms with Crippen LogP contribution in [0.25, 0.3) is 11.1 Å². The Kier molecular flexibility index (Phi) is 6.51. The molecule has 7 nitrogen and oxygen atoms in total. The third-order valence-corrected chi connectivity index (χ3v) is 5.09. The summed E-state index contributed by atoms with van der Waals surface area (Å²) in [5, 5.41) is 13.9. The summed E-state index contributed by atoms with van der Waals surface area (Å²) in [7, 11) is 0. The van der Waals surface area contributed by atoms with Gasteiger partial charge in [-0.1, -0.05) is 54.6 Å². The molecule has 0 aromatic heterocycles. The Balaban J connectivity index is 1.59. The molecule has 1 aliphatic carbocycles. The molecule has 2 atom stereocenters. The molecule has 30 heavy (non-hydrogen) atoms. The predicted molar refractivity (Wildman–Crippen MR) is 112 cm³/mol. The molecule has 3 rings (SSSR count). The Labute approximate surface area is 174 Å². The van der Waals surface area contributed by atoms with Crippen LogP contribution < -0.4 is 10.6 Å². The van der Waals surface area contributed by atoms with Crippen molar-refractivity contribution in [2.45, 2.75) is 31.3 Å². The lowest BCUT2D eigenvalue weighted by molar-refractivity contribution is -0.141. The Morgan fingerprint density at radius 1 is 1.07 bits per heavy atom. The van der Waals surface area contributed by atoms with Gasteiger partial charge < -0.3 is 20.5 Å². The Morgan fingerprint density at radius 3 is 2.17 bits per heavy atom. The highest BCUT2D eigenvalue weighted by Gasteiger charge is 2.29. The lowest BCUT2D eigenvalue weighted by Crippen LogP contribution is -2.50. The van der Waals surface area contributed by atoms with E-state index in [1.54, 1.807) is 0 Å². The number of fused-ring (bicyclic) bond motifs is 3. The van der Waals surface area contributed by atoms with Crippen molar-refractivity contribution < 1.29 is 24.2 Å². The fourth-order valence-electron chi connectivity index (χ4n) is 3.57. The van der Waals surface area contributed by atoms with Crippen molar-refractivity contribution in [3.05, 3.63) is 72.3 Å². The second-order valence-electron chi connectivity index (χ2n) is 7.12. The number of alkyl carbamates (subject to hydrolysis) is 1. The molecule has 0 spiro atoms. The zero-order valence-corrected chi connectivity index (χ0v) is 16.6. The number of hydrogen-bond donors (Lipinski definition) is 3. The van der Waals surface area contributed by atoms with E-state index in [1.807, 2.05) is 48.5 Å². The SMILES string of the molecule is C=CCC(NC(=O)C(C)NC(=O)OCC1c2ccccc2-c2ccccc21)C(=O)O. The Hall–Kier alpha value is -3.61. The fourth-order valence-corrected chi connectivity index (χ4v) is 3.57. The van der Waals surface area contributed by atoms with Crippen LogP contribution in [-0.2, 0) is 14.3 Å². The summed E-state index contributed by atoms with van der Waals surface area (Å²) in [5.74, 6) is -1.87. The van der Waals surface area contributed by atoms with Gasteiger partial charge in [0.25, 0.3) is 0 Å². The maximum Gasteiger partial charge on any atom is 0.407 e. The highest BCUT2D eigenvalue weighted by molar-refractivity contribution is 5.89. The van der Waals surface area contributed by atoms with Crippen LogP contribution in [0.2, 0.25) is 0 Å². The number of carboxylic acid groups (broad SMARTS) is 1. The number of ether oxygens (including phenoxy) is 1. The summed E-state index contributed by atoms with van der Waals surface area (Å²) in [4.78, 5) is 35.6. The maximum absolute atomic E-state index is 12.2. The quantitative estimate of drug-likeness (QED) is 0.583. The number of amides is 2. The number of nitrogens with one attached hydrogen (secondary N) is 2. The summed E-state index contributed by atoms with van der Waals surface area (Å²) in [5.41, 5.74) is 4.42. The van der Waals surface area contributed by atoms with E-state index in [-0.39, 0.29) is 18.9 Å². The number of hydrogen-bond acceptors (Lipinski definition) is 4. The number of carbonyl (C=O) groups is 3. The second-order valence-corrected chi connectivity index (χ2v) is 7.12. The zero-order chi connectivity index (χ0) is 21.7. The number of benzene rings is 2. The van der Waals surface area contributed by atoms with Crippen molar-refractivity contribution in [3.63, 3.8) is 0 Å². The molecule has 0 aliphatic heterocycles. The van der Waals surface area contributed by atoms with Gasteiger partial charge in [-0.05, 0) is 35.6 Å². The maximum atomic E-state index is 12.2. The van der Waals surface area contributed by atoms with Crippen molar-refractivity contribution in [1.29, 1.82) is 0 Å². The molecule has 2 aromatic rings. The molecular weight excluding hydrogens is 384 g/mol. The summed E-state index contributed by atoms with van der Waals surface area (Å²) in [6.45, 7) is 5.06. The molecule has 156 valence electrons. The van der Waals surface area contributed by atoms with Crippen LogP contribution in [-0.4, -0.2) is 41.8 Å². The van der Waals surface area contributed by atoms with Crippen LogP contribution in [0.3, 0.4) is 0 Å². The molecule has 0 bridgehead atoms. The first-order valence-electron chi connectivity index (χ1n) is 9.68. The summed E-state index contributed by atoms with van der Waals surface area (Å²) in [6, 6.07) is 13.9. The number of aliphatic carboxylic acids is 1. The summed E-state index contributed by atoms with van der Waals surface area (Å²) >= 11 is 0. The van der Waals surface area contributed by atoms with Gasteiger partial charge in [-0.15, -0.1) is 6.58 Å². The molecule has 3 N–H and O–H groups in total. The van der Waals surface area contributed by atoms with E-state index in [1.165, 1.54) is 13.0 Å². The predicted octanol–water partition coefficient (Wildman–Crippen LogP) is 3.06. The molecular formula is C23H24N2O5. The molecule has 0 heterocycles. The van der Waals surface area contributed by atoms with Gasteiger partial charge in [0.15, 0.2) is 0 Å². The van der Waals surface area contributed by atoms with E-state index in [2.05, 4.69) is 17.2 Å². The van der Waals surface area contributed by atoms with Gasteiger partial charge >= 0.3 is 12.1 Å². The van der Waals surface area contributed by atoms with Gasteiger partial charge in [0.1, 0.15) is 18.7 Å². The molecule has 7 heteroatoms. The first-order valence-corrected chi connectivity index (χ1v) is 9.68. The molecule has 0 fully saturated rings. The van der Waals surface area contributed by atoms with E-state index in [9.17, 15) is 14.4 Å². The van der Waals surface area contributed by atoms with Crippen LogP contribution in [0.5, 0.6) is 0 Å². The number of carbonyl (C=O) groups excluding carboxylic acids is 2. The van der Waals surface area contributed by atoms with Crippen molar-refractivity contribution in [2.75, 3.05) is 6.61 Å². The Morgan fingerprint density at radius 2 is 1.63 bits per heavy atom. The smallest absolute Gasteiger partial charge is 0.407 e. The van der Waals surface area contributed by atoms with Gasteiger partial charge in [0, 0.05) is 5.92 Å². The minimum Gasteiger partial charge on any atom is -0.480 e. The van der Waals surface area contributed by atoms with E-state index in [0.717, 1.165) is 22.3 Å². The summed E-state index contributed by atoms with van der Waals surface area (Å²) in [6.07, 6.45) is 0.747. The van der Waals surface area contributed by atoms with Gasteiger partial charge in [-0.2, -0.15) is 0 Å². The van der Waals surface area contributed by atoms with Crippen molar-refractivity contribution >= 4 is 18.0 Å². The monoisotopic (exact) mass is 408 g/mol. The average molecular weight is 408 g/mol. The Bertz CT molecular complexity index is 926. The van der Waals surface area contributed by atoms with E-state index in [0.29, 0.717) is 0 Å². The largest absolute Gasteiger partial charge is 0.480 e. The van der Waals surface area contributed by atoms with Gasteiger partial charge in [-0.25, -0.2) is 9.59 Å². The van der Waals surface area contributed by atoms with Crippen LogP contribution in [0.15, 0.2) is 61.2 Å². The van der Waals surface area contributed by atoms with Crippen LogP contribution in [0.4, 0.5) is 4.79 Å². The summed E-state index contributed by atoms with van der Waals surface area (Å²) < 4.78 is 5.40. The molecule has 0 saturated heterocycles. The third-order valence-electron chi connectivity index (χ3n) is 5.09. The lowest BCUT2D eigenvalue weighted by Gasteiger charge is -2.19. The molecule has 2 unspecified atom stereocenters. The zero-order valence-electron chi connectivity index (χ0n) is 16.6. The van der Waals surface area contributed by atoms with Crippen LogP contribution >= 0.6 is 0 Å². The third kappa shape index (κ3) is 4.51. The molecule has 0 radical (unpaired) electrons. The normalized spacial score (nSPS) is 14.0. The number of rotatable bonds is 8. The van der Waals surface area contributed by atoms with Gasteiger partial charge in [0.05, 0.1) is 0 Å². The lowest BCUT2D eigenvalue weighted by atomic mass is 9.98. The van der Waals surface area contributed by atoms with Crippen molar-refractivity contribution in [3.8, 4) is 11.1 Å². The van der Waals surface area contributed by atoms with E-state index >= 15 is 0 Å². The molecule has 2 aromatic carbocycles. The highest BCUT2D eigenvalue weighted by Crippen LogP contribution is 2.44.